The Morgan fingerprint density at radius 2 is 2.10 bits per heavy atom. The number of rotatable bonds is 6. The first kappa shape index (κ1) is 15.1. The fraction of sp³-hybridized carbons (Fsp3) is 0.375. The highest BCUT2D eigenvalue weighted by atomic mass is 16.1. The molecule has 0 aliphatic carbocycles. The van der Waals surface area contributed by atoms with Gasteiger partial charge in [0.2, 0.25) is 5.91 Å². The van der Waals surface area contributed by atoms with E-state index in [2.05, 4.69) is 29.5 Å². The summed E-state index contributed by atoms with van der Waals surface area (Å²) < 4.78 is 0. The van der Waals surface area contributed by atoms with Crippen molar-refractivity contribution in [2.75, 3.05) is 24.1 Å². The number of pyridine rings is 1. The van der Waals surface area contributed by atoms with Crippen LogP contribution in [0.4, 0.5) is 11.4 Å². The van der Waals surface area contributed by atoms with Crippen LogP contribution in [0.25, 0.3) is 10.9 Å². The Balaban J connectivity index is 1.97. The molecule has 1 aromatic heterocycles. The van der Waals surface area contributed by atoms with E-state index in [1.54, 1.807) is 6.20 Å². The maximum atomic E-state index is 11.7. The van der Waals surface area contributed by atoms with Crippen molar-refractivity contribution in [1.29, 1.82) is 0 Å². The van der Waals surface area contributed by atoms with Gasteiger partial charge in [0.15, 0.2) is 0 Å². The number of amides is 1. The lowest BCUT2D eigenvalue weighted by molar-refractivity contribution is -0.120. The van der Waals surface area contributed by atoms with Gasteiger partial charge < -0.3 is 16.4 Å². The summed E-state index contributed by atoms with van der Waals surface area (Å²) in [5, 5.41) is 7.12. The second-order valence-electron chi connectivity index (χ2n) is 5.48. The van der Waals surface area contributed by atoms with E-state index in [0.29, 0.717) is 31.1 Å². The largest absolute Gasteiger partial charge is 0.396 e. The van der Waals surface area contributed by atoms with Crippen molar-refractivity contribution in [2.45, 2.75) is 20.3 Å². The van der Waals surface area contributed by atoms with Crippen molar-refractivity contribution in [1.82, 2.24) is 10.3 Å². The molecular weight excluding hydrogens is 264 g/mol. The summed E-state index contributed by atoms with van der Waals surface area (Å²) >= 11 is 0. The Bertz CT molecular complexity index is 625. The molecule has 112 valence electrons. The van der Waals surface area contributed by atoms with Gasteiger partial charge in [0.05, 0.1) is 23.1 Å². The SMILES string of the molecule is CC(C)CNC(=O)CCNc1c(N)cnc2ccccc12. The summed E-state index contributed by atoms with van der Waals surface area (Å²) in [5.74, 6) is 0.509. The molecule has 0 aliphatic rings. The van der Waals surface area contributed by atoms with Crippen molar-refractivity contribution in [3.63, 3.8) is 0 Å². The fourth-order valence-electron chi connectivity index (χ4n) is 2.06. The van der Waals surface area contributed by atoms with Crippen LogP contribution in [0.5, 0.6) is 0 Å². The van der Waals surface area contributed by atoms with Gasteiger partial charge in [0.1, 0.15) is 0 Å². The summed E-state index contributed by atoms with van der Waals surface area (Å²) in [6.45, 7) is 5.39. The van der Waals surface area contributed by atoms with E-state index >= 15 is 0 Å². The highest BCUT2D eigenvalue weighted by Crippen LogP contribution is 2.27. The van der Waals surface area contributed by atoms with E-state index in [9.17, 15) is 4.79 Å². The molecule has 21 heavy (non-hydrogen) atoms. The molecule has 0 atom stereocenters. The normalized spacial score (nSPS) is 10.8. The zero-order chi connectivity index (χ0) is 15.2. The number of hydrogen-bond acceptors (Lipinski definition) is 4. The Morgan fingerprint density at radius 3 is 2.86 bits per heavy atom. The number of carbonyl (C=O) groups excluding carboxylic acids is 1. The van der Waals surface area contributed by atoms with Gasteiger partial charge in [-0.05, 0) is 12.0 Å². The van der Waals surface area contributed by atoms with Crippen LogP contribution in [0.1, 0.15) is 20.3 Å². The molecule has 2 aromatic rings. The zero-order valence-corrected chi connectivity index (χ0v) is 12.5. The summed E-state index contributed by atoms with van der Waals surface area (Å²) in [6, 6.07) is 7.80. The number of nitrogens with zero attached hydrogens (tertiary/aromatic N) is 1. The minimum Gasteiger partial charge on any atom is -0.396 e. The molecule has 1 amide bonds. The van der Waals surface area contributed by atoms with Crippen LogP contribution in [0.3, 0.4) is 0 Å². The molecule has 1 aromatic carbocycles. The number of nitrogens with two attached hydrogens (primary N) is 1. The molecule has 1 heterocycles. The van der Waals surface area contributed by atoms with E-state index in [-0.39, 0.29) is 5.91 Å². The number of nitrogen functional groups attached to an aromatic ring is 1. The number of hydrogen-bond donors (Lipinski definition) is 3. The van der Waals surface area contributed by atoms with E-state index in [1.165, 1.54) is 0 Å². The second kappa shape index (κ2) is 6.92. The van der Waals surface area contributed by atoms with Gasteiger partial charge in [0.25, 0.3) is 0 Å². The number of carbonyl (C=O) groups is 1. The van der Waals surface area contributed by atoms with Gasteiger partial charge in [-0.1, -0.05) is 32.0 Å². The van der Waals surface area contributed by atoms with Crippen LogP contribution in [-0.2, 0) is 4.79 Å². The number of aromatic nitrogens is 1. The predicted molar refractivity (Wildman–Crippen MR) is 87.1 cm³/mol. The molecule has 4 N–H and O–H groups in total. The Hall–Kier alpha value is -2.30. The minimum absolute atomic E-state index is 0.0492. The molecule has 0 aliphatic heterocycles. The van der Waals surface area contributed by atoms with Crippen LogP contribution in [0, 0.1) is 5.92 Å². The molecule has 5 heteroatoms. The van der Waals surface area contributed by atoms with E-state index in [4.69, 9.17) is 5.73 Å². The van der Waals surface area contributed by atoms with Gasteiger partial charge >= 0.3 is 0 Å². The lowest BCUT2D eigenvalue weighted by atomic mass is 10.1. The van der Waals surface area contributed by atoms with Gasteiger partial charge in [-0.3, -0.25) is 9.78 Å². The number of para-hydroxylation sites is 1. The molecule has 0 unspecified atom stereocenters. The Labute approximate surface area is 124 Å². The summed E-state index contributed by atoms with van der Waals surface area (Å²) in [7, 11) is 0. The highest BCUT2D eigenvalue weighted by molar-refractivity contribution is 5.96. The maximum absolute atomic E-state index is 11.7. The third kappa shape index (κ3) is 4.08. The van der Waals surface area contributed by atoms with E-state index in [1.807, 2.05) is 24.3 Å². The first-order chi connectivity index (χ1) is 10.1. The average molecular weight is 286 g/mol. The van der Waals surface area contributed by atoms with Crippen LogP contribution in [0.2, 0.25) is 0 Å². The quantitative estimate of drug-likeness (QED) is 0.761. The fourth-order valence-corrected chi connectivity index (χ4v) is 2.06. The smallest absolute Gasteiger partial charge is 0.221 e. The molecule has 0 bridgehead atoms. The third-order valence-corrected chi connectivity index (χ3v) is 3.17. The first-order valence-corrected chi connectivity index (χ1v) is 7.21. The summed E-state index contributed by atoms with van der Waals surface area (Å²) in [5.41, 5.74) is 8.30. The summed E-state index contributed by atoms with van der Waals surface area (Å²) in [6.07, 6.45) is 2.06. The van der Waals surface area contributed by atoms with Crippen molar-refractivity contribution >= 4 is 28.2 Å². The predicted octanol–water partition coefficient (Wildman–Crippen LogP) is 2.39. The second-order valence-corrected chi connectivity index (χ2v) is 5.48. The molecule has 2 rings (SSSR count). The number of fused-ring (bicyclic) bond motifs is 1. The van der Waals surface area contributed by atoms with Crippen LogP contribution < -0.4 is 16.4 Å². The molecular formula is C16H22N4O. The minimum atomic E-state index is 0.0492. The van der Waals surface area contributed by atoms with Gasteiger partial charge in [0, 0.05) is 24.9 Å². The van der Waals surface area contributed by atoms with Crippen LogP contribution in [-0.4, -0.2) is 24.0 Å². The molecule has 0 saturated carbocycles. The van der Waals surface area contributed by atoms with Crippen molar-refractivity contribution in [3.05, 3.63) is 30.5 Å². The molecule has 0 spiro atoms. The monoisotopic (exact) mass is 286 g/mol. The maximum Gasteiger partial charge on any atom is 0.221 e. The molecule has 0 radical (unpaired) electrons. The Morgan fingerprint density at radius 1 is 1.33 bits per heavy atom. The van der Waals surface area contributed by atoms with E-state index < -0.39 is 0 Å². The number of nitrogens with one attached hydrogen (secondary N) is 2. The third-order valence-electron chi connectivity index (χ3n) is 3.17. The van der Waals surface area contributed by atoms with Crippen molar-refractivity contribution < 1.29 is 4.79 Å². The van der Waals surface area contributed by atoms with Crippen LogP contribution >= 0.6 is 0 Å². The van der Waals surface area contributed by atoms with Crippen molar-refractivity contribution in [3.8, 4) is 0 Å². The number of benzene rings is 1. The molecule has 0 saturated heterocycles. The Kier molecular flexibility index (Phi) is 4.98. The lowest BCUT2D eigenvalue weighted by Crippen LogP contribution is -2.28. The number of anilines is 2. The summed E-state index contributed by atoms with van der Waals surface area (Å²) in [4.78, 5) is 16.0. The van der Waals surface area contributed by atoms with Gasteiger partial charge in [-0.25, -0.2) is 0 Å². The van der Waals surface area contributed by atoms with Crippen LogP contribution in [0.15, 0.2) is 30.5 Å². The van der Waals surface area contributed by atoms with Gasteiger partial charge in [-0.15, -0.1) is 0 Å². The van der Waals surface area contributed by atoms with Gasteiger partial charge in [-0.2, -0.15) is 0 Å². The average Bonchev–Trinajstić information content (AvgIpc) is 2.47. The standard InChI is InChI=1S/C16H22N4O/c1-11(2)9-20-15(21)7-8-18-16-12-5-3-4-6-14(12)19-10-13(16)17/h3-6,10-11H,7-9,17H2,1-2H3,(H,18,19)(H,20,21). The molecule has 5 nitrogen and oxygen atoms in total. The van der Waals surface area contributed by atoms with Crippen molar-refractivity contribution in [2.24, 2.45) is 5.92 Å². The lowest BCUT2D eigenvalue weighted by Gasteiger charge is -2.12. The first-order valence-electron chi connectivity index (χ1n) is 7.21. The zero-order valence-electron chi connectivity index (χ0n) is 12.5. The molecule has 0 fully saturated rings. The highest BCUT2D eigenvalue weighted by Gasteiger charge is 2.07. The van der Waals surface area contributed by atoms with E-state index in [0.717, 1.165) is 16.6 Å². The topological polar surface area (TPSA) is 80.0 Å².